The number of nitrogens with zero attached hydrogens (tertiary/aromatic N) is 2. The van der Waals surface area contributed by atoms with Gasteiger partial charge in [-0.1, -0.05) is 22.0 Å². The summed E-state index contributed by atoms with van der Waals surface area (Å²) in [6.07, 6.45) is 2.65. The average molecular weight is 562 g/mol. The lowest BCUT2D eigenvalue weighted by Crippen LogP contribution is -2.44. The molecular weight excluding hydrogens is 539 g/mol. The van der Waals surface area contributed by atoms with Gasteiger partial charge in [-0.2, -0.15) is 5.01 Å². The topological polar surface area (TPSA) is 71.1 Å². The molecule has 0 bridgehead atoms. The second-order valence-electron chi connectivity index (χ2n) is 7.83. The Kier molecular flexibility index (Phi) is 7.53. The highest BCUT2D eigenvalue weighted by atomic mass is 79.9. The van der Waals surface area contributed by atoms with Gasteiger partial charge < -0.3 is 14.9 Å². The number of sulfonamides is 1. The Hall–Kier alpha value is -2.12. The molecule has 0 spiro atoms. The van der Waals surface area contributed by atoms with Crippen LogP contribution in [0.1, 0.15) is 24.8 Å². The van der Waals surface area contributed by atoms with E-state index in [1.165, 1.54) is 25.3 Å². The van der Waals surface area contributed by atoms with Gasteiger partial charge in [0.05, 0.1) is 17.9 Å². The van der Waals surface area contributed by atoms with Gasteiger partial charge in [0.15, 0.2) is 5.82 Å². The molecule has 1 fully saturated rings. The lowest BCUT2D eigenvalue weighted by atomic mass is 10.1. The summed E-state index contributed by atoms with van der Waals surface area (Å²) in [5.41, 5.74) is 3.29. The summed E-state index contributed by atoms with van der Waals surface area (Å²) in [6, 6.07) is 6.25. The van der Waals surface area contributed by atoms with E-state index in [0.29, 0.717) is 39.8 Å². The first-order valence-electron chi connectivity index (χ1n) is 10.5. The highest BCUT2D eigenvalue weighted by molar-refractivity contribution is 9.11. The molecule has 12 heteroatoms. The predicted octanol–water partition coefficient (Wildman–Crippen LogP) is 4.31. The maximum absolute atomic E-state index is 15.8. The molecule has 0 radical (unpaired) electrons. The predicted molar refractivity (Wildman–Crippen MR) is 124 cm³/mol. The third-order valence-corrected chi connectivity index (χ3v) is 7.96. The Morgan fingerprint density at radius 3 is 2.74 bits per heavy atom. The number of ether oxygens (including phenoxy) is 2. The Morgan fingerprint density at radius 1 is 1.24 bits per heavy atom. The van der Waals surface area contributed by atoms with Gasteiger partial charge in [0.1, 0.15) is 29.5 Å². The lowest BCUT2D eigenvalue weighted by molar-refractivity contribution is -0.0915. The molecule has 0 aliphatic carbocycles. The Bertz CT molecular complexity index is 1210. The van der Waals surface area contributed by atoms with E-state index in [0.717, 1.165) is 25.3 Å². The fraction of sp³-hybridized carbons (Fsp3) is 0.364. The maximum atomic E-state index is 15.8. The van der Waals surface area contributed by atoms with Crippen LogP contribution in [0.15, 0.2) is 45.8 Å². The standard InChI is InChI=1S/C22H23BrF3N3O4S/c1-32-13-29(34(30,31)19-11-14(24)8-9-17(19)25)18-6-4-5-15(21(18)26)22-16(23)12-28(27-22)20-7-2-3-10-33-20/h4-6,8-9,11,20,27H,2-3,7,10,12-13H2,1H3. The highest BCUT2D eigenvalue weighted by Crippen LogP contribution is 2.35. The van der Waals surface area contributed by atoms with Crippen molar-refractivity contribution in [2.45, 2.75) is 30.4 Å². The molecule has 2 aliphatic heterocycles. The third-order valence-electron chi connectivity index (χ3n) is 5.56. The first-order chi connectivity index (χ1) is 16.2. The summed E-state index contributed by atoms with van der Waals surface area (Å²) < 4.78 is 82.3. The number of benzene rings is 2. The summed E-state index contributed by atoms with van der Waals surface area (Å²) >= 11 is 3.47. The summed E-state index contributed by atoms with van der Waals surface area (Å²) in [6.45, 7) is 0.451. The molecule has 1 N–H and O–H groups in total. The molecule has 0 amide bonds. The van der Waals surface area contributed by atoms with Crippen molar-refractivity contribution in [3.05, 3.63) is 63.9 Å². The smallest absolute Gasteiger partial charge is 0.269 e. The summed E-state index contributed by atoms with van der Waals surface area (Å²) in [5.74, 6) is -2.98. The van der Waals surface area contributed by atoms with E-state index >= 15 is 4.39 Å². The van der Waals surface area contributed by atoms with Crippen LogP contribution in [0.5, 0.6) is 0 Å². The van der Waals surface area contributed by atoms with E-state index < -0.39 is 39.1 Å². The van der Waals surface area contributed by atoms with Crippen LogP contribution in [0.25, 0.3) is 5.70 Å². The van der Waals surface area contributed by atoms with Crippen LogP contribution in [-0.4, -0.2) is 46.6 Å². The van der Waals surface area contributed by atoms with Gasteiger partial charge in [-0.25, -0.2) is 25.9 Å². The van der Waals surface area contributed by atoms with Gasteiger partial charge in [-0.3, -0.25) is 0 Å². The number of halogens is 4. The quantitative estimate of drug-likeness (QED) is 0.508. The SMILES string of the molecule is COCN(c1cccc(C2=C(Br)CN(C3CCCCO3)N2)c1F)S(=O)(=O)c1cc(F)ccc1F. The largest absolute Gasteiger partial charge is 0.363 e. The number of hydrogen-bond donors (Lipinski definition) is 1. The monoisotopic (exact) mass is 561 g/mol. The van der Waals surface area contributed by atoms with E-state index in [1.54, 1.807) is 0 Å². The zero-order valence-electron chi connectivity index (χ0n) is 18.2. The van der Waals surface area contributed by atoms with Crippen molar-refractivity contribution in [2.75, 3.05) is 31.3 Å². The molecular formula is C22H23BrF3N3O4S. The van der Waals surface area contributed by atoms with Gasteiger partial charge in [0, 0.05) is 23.8 Å². The molecule has 2 aromatic carbocycles. The summed E-state index contributed by atoms with van der Waals surface area (Å²) in [7, 11) is -3.48. The van der Waals surface area contributed by atoms with E-state index in [1.807, 2.05) is 5.01 Å². The normalized spacial score (nSPS) is 19.4. The van der Waals surface area contributed by atoms with Crippen molar-refractivity contribution in [3.63, 3.8) is 0 Å². The molecule has 1 atom stereocenters. The second kappa shape index (κ2) is 10.2. The molecule has 1 unspecified atom stereocenters. The molecule has 184 valence electrons. The van der Waals surface area contributed by atoms with E-state index in [2.05, 4.69) is 21.4 Å². The van der Waals surface area contributed by atoms with Gasteiger partial charge in [-0.05, 0) is 49.6 Å². The van der Waals surface area contributed by atoms with Crippen LogP contribution in [0.4, 0.5) is 18.9 Å². The molecule has 7 nitrogen and oxygen atoms in total. The summed E-state index contributed by atoms with van der Waals surface area (Å²) in [5, 5.41) is 1.84. The van der Waals surface area contributed by atoms with Crippen LogP contribution in [0.2, 0.25) is 0 Å². The van der Waals surface area contributed by atoms with Crippen molar-refractivity contribution in [2.24, 2.45) is 0 Å². The van der Waals surface area contributed by atoms with Crippen molar-refractivity contribution >= 4 is 37.3 Å². The summed E-state index contributed by atoms with van der Waals surface area (Å²) in [4.78, 5) is -0.922. The van der Waals surface area contributed by atoms with Gasteiger partial charge in [-0.15, -0.1) is 0 Å². The van der Waals surface area contributed by atoms with Crippen LogP contribution in [-0.2, 0) is 19.5 Å². The number of nitrogens with one attached hydrogen (secondary N) is 1. The molecule has 1 saturated heterocycles. The molecule has 34 heavy (non-hydrogen) atoms. The molecule has 2 heterocycles. The molecule has 2 aliphatic rings. The first-order valence-corrected chi connectivity index (χ1v) is 12.8. The van der Waals surface area contributed by atoms with Crippen LogP contribution < -0.4 is 9.73 Å². The van der Waals surface area contributed by atoms with Crippen LogP contribution in [0.3, 0.4) is 0 Å². The molecule has 4 rings (SSSR count). The molecule has 2 aromatic rings. The highest BCUT2D eigenvalue weighted by Gasteiger charge is 2.34. The Morgan fingerprint density at radius 2 is 2.03 bits per heavy atom. The van der Waals surface area contributed by atoms with Crippen molar-refractivity contribution in [1.29, 1.82) is 0 Å². The second-order valence-corrected chi connectivity index (χ2v) is 10.6. The zero-order chi connectivity index (χ0) is 24.5. The van der Waals surface area contributed by atoms with E-state index in [4.69, 9.17) is 9.47 Å². The van der Waals surface area contributed by atoms with Gasteiger partial charge >= 0.3 is 0 Å². The minimum absolute atomic E-state index is 0.0960. The van der Waals surface area contributed by atoms with E-state index in [9.17, 15) is 17.2 Å². The molecule has 0 saturated carbocycles. The lowest BCUT2D eigenvalue weighted by Gasteiger charge is -2.31. The third kappa shape index (κ3) is 4.82. The number of anilines is 1. The van der Waals surface area contributed by atoms with Crippen molar-refractivity contribution in [3.8, 4) is 0 Å². The number of rotatable bonds is 7. The fourth-order valence-electron chi connectivity index (χ4n) is 3.91. The minimum atomic E-state index is -4.70. The average Bonchev–Trinajstić information content (AvgIpc) is 3.21. The number of hydrogen-bond acceptors (Lipinski definition) is 6. The van der Waals surface area contributed by atoms with Crippen LogP contribution >= 0.6 is 15.9 Å². The van der Waals surface area contributed by atoms with E-state index in [-0.39, 0.29) is 17.5 Å². The first kappa shape index (κ1) is 25.0. The van der Waals surface area contributed by atoms with Gasteiger partial charge in [0.25, 0.3) is 10.0 Å². The Balaban J connectivity index is 1.71. The number of methoxy groups -OCH3 is 1. The van der Waals surface area contributed by atoms with Crippen LogP contribution in [0, 0.1) is 17.5 Å². The Labute approximate surface area is 204 Å². The van der Waals surface area contributed by atoms with Crippen molar-refractivity contribution < 1.29 is 31.1 Å². The zero-order valence-corrected chi connectivity index (χ0v) is 20.6. The molecule has 0 aromatic heterocycles. The maximum Gasteiger partial charge on any atom is 0.269 e. The van der Waals surface area contributed by atoms with Gasteiger partial charge in [0.2, 0.25) is 0 Å². The fourth-order valence-corrected chi connectivity index (χ4v) is 5.94. The number of hydrazine groups is 1. The van der Waals surface area contributed by atoms with Crippen molar-refractivity contribution in [1.82, 2.24) is 10.4 Å². The minimum Gasteiger partial charge on any atom is -0.363 e.